The molecule has 0 bridgehead atoms. The first kappa shape index (κ1) is 18.3. The molecule has 8 nitrogen and oxygen atoms in total. The van der Waals surface area contributed by atoms with Gasteiger partial charge in [-0.05, 0) is 38.1 Å². The average molecular weight is 387 g/mol. The predicted molar refractivity (Wildman–Crippen MR) is 106 cm³/mol. The summed E-state index contributed by atoms with van der Waals surface area (Å²) in [6.07, 6.45) is 0. The highest BCUT2D eigenvalue weighted by Crippen LogP contribution is 2.27. The van der Waals surface area contributed by atoms with Crippen molar-refractivity contribution in [2.24, 2.45) is 0 Å². The second-order valence-corrected chi connectivity index (χ2v) is 6.49. The van der Waals surface area contributed by atoms with Gasteiger partial charge in [0, 0.05) is 10.9 Å². The Labute approximate surface area is 166 Å². The van der Waals surface area contributed by atoms with Crippen LogP contribution in [0.3, 0.4) is 0 Å². The van der Waals surface area contributed by atoms with Crippen molar-refractivity contribution in [3.05, 3.63) is 70.6 Å². The molecule has 0 unspecified atom stereocenters. The number of carbonyl (C=O) groups excluding carboxylic acids is 1. The molecule has 0 saturated carbocycles. The Balaban J connectivity index is 1.56. The number of rotatable bonds is 5. The Kier molecular flexibility index (Phi) is 4.71. The van der Waals surface area contributed by atoms with Gasteiger partial charge in [-0.1, -0.05) is 23.4 Å². The van der Waals surface area contributed by atoms with Crippen LogP contribution in [0.4, 0.5) is 5.82 Å². The lowest BCUT2D eigenvalue weighted by Crippen LogP contribution is -2.14. The van der Waals surface area contributed by atoms with Crippen LogP contribution in [-0.4, -0.2) is 21.3 Å². The summed E-state index contributed by atoms with van der Waals surface area (Å²) in [6.45, 7) is 3.65. The number of H-pyrrole nitrogens is 1. The van der Waals surface area contributed by atoms with E-state index in [4.69, 9.17) is 9.26 Å². The summed E-state index contributed by atoms with van der Waals surface area (Å²) in [5, 5.41) is 23.6. The van der Waals surface area contributed by atoms with E-state index in [2.05, 4.69) is 26.7 Å². The van der Waals surface area contributed by atoms with Gasteiger partial charge in [0.1, 0.15) is 23.7 Å². The van der Waals surface area contributed by atoms with Crippen LogP contribution in [0.15, 0.2) is 47.0 Å². The molecule has 0 aliphatic heterocycles. The average Bonchev–Trinajstić information content (AvgIpc) is 3.28. The summed E-state index contributed by atoms with van der Waals surface area (Å²) in [4.78, 5) is 12.6. The summed E-state index contributed by atoms with van der Waals surface area (Å²) < 4.78 is 10.9. The Morgan fingerprint density at radius 2 is 2.10 bits per heavy atom. The highest BCUT2D eigenvalue weighted by atomic mass is 16.5. The van der Waals surface area contributed by atoms with E-state index >= 15 is 0 Å². The fourth-order valence-electron chi connectivity index (χ4n) is 3.07. The van der Waals surface area contributed by atoms with Crippen molar-refractivity contribution in [2.75, 3.05) is 5.32 Å². The predicted octanol–water partition coefficient (Wildman–Crippen LogP) is 3.87. The fourth-order valence-corrected chi connectivity index (χ4v) is 3.07. The maximum absolute atomic E-state index is 12.6. The first-order valence-corrected chi connectivity index (χ1v) is 8.90. The molecule has 0 spiro atoms. The van der Waals surface area contributed by atoms with Gasteiger partial charge >= 0.3 is 0 Å². The second-order valence-electron chi connectivity index (χ2n) is 6.49. The smallest absolute Gasteiger partial charge is 0.262 e. The molecule has 0 saturated heterocycles. The standard InChI is InChI=1S/C21H17N5O3/c1-12-19(13(2)29-26-12)21(27)23-20-17-9-16(7-8-18(17)24-25-20)28-11-15-6-4-3-5-14(15)10-22/h3-9H,11H2,1-2H3,(H2,23,24,25,27). The molecule has 4 rings (SSSR count). The number of benzene rings is 2. The maximum Gasteiger partial charge on any atom is 0.262 e. The minimum Gasteiger partial charge on any atom is -0.489 e. The quantitative estimate of drug-likeness (QED) is 0.537. The van der Waals surface area contributed by atoms with Crippen LogP contribution in [0, 0.1) is 25.2 Å². The van der Waals surface area contributed by atoms with E-state index in [1.807, 2.05) is 24.3 Å². The largest absolute Gasteiger partial charge is 0.489 e. The zero-order valence-corrected chi connectivity index (χ0v) is 15.8. The molecule has 2 heterocycles. The van der Waals surface area contributed by atoms with Crippen LogP contribution in [-0.2, 0) is 6.61 Å². The normalized spacial score (nSPS) is 10.7. The number of aromatic nitrogens is 3. The molecule has 0 aliphatic rings. The number of nitrogens with one attached hydrogen (secondary N) is 2. The zero-order valence-electron chi connectivity index (χ0n) is 15.8. The Morgan fingerprint density at radius 1 is 1.28 bits per heavy atom. The van der Waals surface area contributed by atoms with Gasteiger partial charge in [0.25, 0.3) is 5.91 Å². The molecule has 0 aliphatic carbocycles. The van der Waals surface area contributed by atoms with Gasteiger partial charge in [0.2, 0.25) is 0 Å². The van der Waals surface area contributed by atoms with Crippen LogP contribution >= 0.6 is 0 Å². The van der Waals surface area contributed by atoms with Gasteiger partial charge in [-0.2, -0.15) is 10.4 Å². The minimum atomic E-state index is -0.344. The molecule has 144 valence electrons. The first-order chi connectivity index (χ1) is 14.1. The van der Waals surface area contributed by atoms with E-state index in [0.717, 1.165) is 11.1 Å². The zero-order chi connectivity index (χ0) is 20.4. The Morgan fingerprint density at radius 3 is 2.86 bits per heavy atom. The lowest BCUT2D eigenvalue weighted by molar-refractivity contribution is 0.102. The van der Waals surface area contributed by atoms with Gasteiger partial charge in [-0.25, -0.2) is 0 Å². The molecule has 4 aromatic rings. The van der Waals surface area contributed by atoms with Gasteiger partial charge < -0.3 is 14.6 Å². The van der Waals surface area contributed by atoms with E-state index < -0.39 is 0 Å². The second kappa shape index (κ2) is 7.48. The molecule has 1 amide bonds. The molecule has 29 heavy (non-hydrogen) atoms. The van der Waals surface area contributed by atoms with Crippen LogP contribution in [0.2, 0.25) is 0 Å². The number of nitrogens with zero attached hydrogens (tertiary/aromatic N) is 3. The summed E-state index contributed by atoms with van der Waals surface area (Å²) in [7, 11) is 0. The number of aromatic amines is 1. The number of hydrogen-bond acceptors (Lipinski definition) is 6. The van der Waals surface area contributed by atoms with Crippen molar-refractivity contribution in [1.82, 2.24) is 15.4 Å². The number of ether oxygens (including phenoxy) is 1. The Hall–Kier alpha value is -4.12. The summed E-state index contributed by atoms with van der Waals surface area (Å²) in [6, 6.07) is 14.8. The summed E-state index contributed by atoms with van der Waals surface area (Å²) in [5.74, 6) is 1.08. The van der Waals surface area contributed by atoms with E-state index in [1.54, 1.807) is 32.0 Å². The number of carbonyl (C=O) groups is 1. The van der Waals surface area contributed by atoms with Crippen molar-refractivity contribution >= 4 is 22.6 Å². The maximum atomic E-state index is 12.6. The lowest BCUT2D eigenvalue weighted by atomic mass is 10.1. The first-order valence-electron chi connectivity index (χ1n) is 8.90. The van der Waals surface area contributed by atoms with Crippen molar-refractivity contribution in [1.29, 1.82) is 5.26 Å². The molecular weight excluding hydrogens is 370 g/mol. The molecule has 8 heteroatoms. The molecule has 0 atom stereocenters. The molecule has 2 N–H and O–H groups in total. The highest BCUT2D eigenvalue weighted by molar-refractivity contribution is 6.09. The number of aryl methyl sites for hydroxylation is 2. The van der Waals surface area contributed by atoms with Gasteiger partial charge in [0.05, 0.1) is 22.8 Å². The van der Waals surface area contributed by atoms with E-state index in [0.29, 0.717) is 39.5 Å². The van der Waals surface area contributed by atoms with Gasteiger partial charge in [-0.3, -0.25) is 9.89 Å². The number of hydrogen-bond donors (Lipinski definition) is 2. The topological polar surface area (TPSA) is 117 Å². The highest BCUT2D eigenvalue weighted by Gasteiger charge is 2.19. The number of nitriles is 1. The molecule has 0 fully saturated rings. The molecule has 2 aromatic heterocycles. The minimum absolute atomic E-state index is 0.258. The third kappa shape index (κ3) is 3.53. The van der Waals surface area contributed by atoms with E-state index in [9.17, 15) is 10.1 Å². The van der Waals surface area contributed by atoms with Crippen molar-refractivity contribution in [3.63, 3.8) is 0 Å². The molecule has 0 radical (unpaired) electrons. The molecule has 2 aromatic carbocycles. The van der Waals surface area contributed by atoms with Crippen molar-refractivity contribution in [2.45, 2.75) is 20.5 Å². The number of anilines is 1. The van der Waals surface area contributed by atoms with Crippen LogP contribution in [0.25, 0.3) is 10.9 Å². The number of amides is 1. The van der Waals surface area contributed by atoms with Gasteiger partial charge in [0.15, 0.2) is 5.82 Å². The molecular formula is C21H17N5O3. The Bertz CT molecular complexity index is 1230. The van der Waals surface area contributed by atoms with Gasteiger partial charge in [-0.15, -0.1) is 0 Å². The number of fused-ring (bicyclic) bond motifs is 1. The van der Waals surface area contributed by atoms with Crippen molar-refractivity contribution < 1.29 is 14.1 Å². The van der Waals surface area contributed by atoms with Crippen LogP contribution in [0.1, 0.15) is 32.9 Å². The monoisotopic (exact) mass is 387 g/mol. The summed E-state index contributed by atoms with van der Waals surface area (Å²) >= 11 is 0. The van der Waals surface area contributed by atoms with E-state index in [-0.39, 0.29) is 12.5 Å². The third-order valence-corrected chi connectivity index (χ3v) is 4.56. The third-order valence-electron chi connectivity index (χ3n) is 4.56. The van der Waals surface area contributed by atoms with Crippen LogP contribution < -0.4 is 10.1 Å². The fraction of sp³-hybridized carbons (Fsp3) is 0.143. The lowest BCUT2D eigenvalue weighted by Gasteiger charge is -2.08. The van der Waals surface area contributed by atoms with Crippen molar-refractivity contribution in [3.8, 4) is 11.8 Å². The summed E-state index contributed by atoms with van der Waals surface area (Å²) in [5.41, 5.74) is 3.03. The van der Waals surface area contributed by atoms with Crippen LogP contribution in [0.5, 0.6) is 5.75 Å². The van der Waals surface area contributed by atoms with E-state index in [1.165, 1.54) is 0 Å². The SMILES string of the molecule is Cc1noc(C)c1C(=O)Nc1n[nH]c2ccc(OCc3ccccc3C#N)cc12.